The first kappa shape index (κ1) is 13.5. The summed E-state index contributed by atoms with van der Waals surface area (Å²) in [5.74, 6) is 0.421. The highest BCUT2D eigenvalue weighted by Gasteiger charge is 2.18. The van der Waals surface area contributed by atoms with Crippen molar-refractivity contribution in [3.63, 3.8) is 0 Å². The van der Waals surface area contributed by atoms with Crippen molar-refractivity contribution in [2.45, 2.75) is 20.4 Å². The van der Waals surface area contributed by atoms with Crippen LogP contribution in [-0.4, -0.2) is 39.8 Å². The van der Waals surface area contributed by atoms with Gasteiger partial charge in [0.15, 0.2) is 5.13 Å². The lowest BCUT2D eigenvalue weighted by Crippen LogP contribution is -2.17. The molecule has 7 nitrogen and oxygen atoms in total. The molecule has 0 saturated heterocycles. The highest BCUT2D eigenvalue weighted by molar-refractivity contribution is 7.17. The zero-order valence-electron chi connectivity index (χ0n) is 11.0. The second-order valence-corrected chi connectivity index (χ2v) is 4.90. The van der Waals surface area contributed by atoms with E-state index < -0.39 is 0 Å². The number of ether oxygens (including phenoxy) is 1. The molecule has 0 radical (unpaired) electrons. The van der Waals surface area contributed by atoms with Crippen LogP contribution in [0.2, 0.25) is 0 Å². The monoisotopic (exact) mass is 281 g/mol. The van der Waals surface area contributed by atoms with Crippen molar-refractivity contribution in [1.29, 1.82) is 0 Å². The minimum absolute atomic E-state index is 0.322. The summed E-state index contributed by atoms with van der Waals surface area (Å²) in [6.45, 7) is 4.49. The Morgan fingerprint density at radius 1 is 1.58 bits per heavy atom. The van der Waals surface area contributed by atoms with Crippen LogP contribution in [0.3, 0.4) is 0 Å². The lowest BCUT2D eigenvalue weighted by molar-refractivity contribution is 0.0531. The molecule has 102 valence electrons. The third kappa shape index (κ3) is 3.08. The number of aromatic nitrogens is 4. The van der Waals surface area contributed by atoms with Crippen molar-refractivity contribution < 1.29 is 9.53 Å². The van der Waals surface area contributed by atoms with E-state index in [0.717, 1.165) is 11.0 Å². The Labute approximate surface area is 114 Å². The van der Waals surface area contributed by atoms with Gasteiger partial charge in [-0.15, -0.1) is 0 Å². The number of hydrogen-bond donors (Lipinski definition) is 1. The molecule has 0 amide bonds. The zero-order valence-corrected chi connectivity index (χ0v) is 11.8. The Morgan fingerprint density at radius 3 is 3.00 bits per heavy atom. The van der Waals surface area contributed by atoms with Gasteiger partial charge < -0.3 is 9.64 Å². The summed E-state index contributed by atoms with van der Waals surface area (Å²) < 4.78 is 4.99. The molecule has 2 aromatic heterocycles. The van der Waals surface area contributed by atoms with Gasteiger partial charge in [0.05, 0.1) is 18.8 Å². The summed E-state index contributed by atoms with van der Waals surface area (Å²) in [5, 5.41) is 7.32. The van der Waals surface area contributed by atoms with E-state index in [0.29, 0.717) is 23.7 Å². The van der Waals surface area contributed by atoms with E-state index in [4.69, 9.17) is 4.74 Å². The number of nitrogens with zero attached hydrogens (tertiary/aromatic N) is 4. The Bertz CT molecular complexity index is 551. The SMILES string of the molecule is CCOC(=O)c1sc(N(C)Cc2ncn[nH]2)nc1C. The number of hydrogen-bond acceptors (Lipinski definition) is 7. The largest absolute Gasteiger partial charge is 0.462 e. The van der Waals surface area contributed by atoms with Crippen molar-refractivity contribution in [3.8, 4) is 0 Å². The molecule has 0 aliphatic heterocycles. The van der Waals surface area contributed by atoms with Gasteiger partial charge in [0, 0.05) is 7.05 Å². The molecule has 0 bridgehead atoms. The molecule has 2 aromatic rings. The molecule has 0 unspecified atom stereocenters. The van der Waals surface area contributed by atoms with Crippen LogP contribution in [0.1, 0.15) is 28.1 Å². The van der Waals surface area contributed by atoms with Gasteiger partial charge in [-0.3, -0.25) is 5.10 Å². The average Bonchev–Trinajstić information content (AvgIpc) is 2.98. The van der Waals surface area contributed by atoms with Gasteiger partial charge in [-0.25, -0.2) is 14.8 Å². The topological polar surface area (TPSA) is 84.0 Å². The summed E-state index contributed by atoms with van der Waals surface area (Å²) in [6, 6.07) is 0. The molecular weight excluding hydrogens is 266 g/mol. The van der Waals surface area contributed by atoms with Gasteiger partial charge >= 0.3 is 5.97 Å². The summed E-state index contributed by atoms with van der Waals surface area (Å²) in [6.07, 6.45) is 1.46. The maximum absolute atomic E-state index is 11.7. The summed E-state index contributed by atoms with van der Waals surface area (Å²) in [5.41, 5.74) is 0.683. The van der Waals surface area contributed by atoms with Gasteiger partial charge in [-0.05, 0) is 13.8 Å². The first-order valence-electron chi connectivity index (χ1n) is 5.81. The number of thiazole rings is 1. The molecule has 19 heavy (non-hydrogen) atoms. The van der Waals surface area contributed by atoms with E-state index in [2.05, 4.69) is 20.2 Å². The number of rotatable bonds is 5. The number of anilines is 1. The van der Waals surface area contributed by atoms with Gasteiger partial charge in [0.25, 0.3) is 0 Å². The number of H-pyrrole nitrogens is 1. The zero-order chi connectivity index (χ0) is 13.8. The quantitative estimate of drug-likeness (QED) is 0.834. The van der Waals surface area contributed by atoms with Gasteiger partial charge in [-0.2, -0.15) is 5.10 Å². The molecule has 0 spiro atoms. The van der Waals surface area contributed by atoms with E-state index >= 15 is 0 Å². The fourth-order valence-electron chi connectivity index (χ4n) is 1.53. The Kier molecular flexibility index (Phi) is 4.10. The van der Waals surface area contributed by atoms with Gasteiger partial charge in [-0.1, -0.05) is 11.3 Å². The Balaban J connectivity index is 2.12. The Hall–Kier alpha value is -1.96. The number of aromatic amines is 1. The molecule has 0 fully saturated rings. The minimum atomic E-state index is -0.322. The number of esters is 1. The number of nitrogens with one attached hydrogen (secondary N) is 1. The minimum Gasteiger partial charge on any atom is -0.462 e. The lowest BCUT2D eigenvalue weighted by Gasteiger charge is -2.12. The molecule has 1 N–H and O–H groups in total. The standard InChI is InChI=1S/C11H15N5O2S/c1-4-18-10(17)9-7(2)14-11(19-9)16(3)5-8-12-6-13-15-8/h6H,4-5H2,1-3H3,(H,12,13,15). The molecule has 0 aromatic carbocycles. The maximum atomic E-state index is 11.7. The number of aryl methyl sites for hydroxylation is 1. The summed E-state index contributed by atoms with van der Waals surface area (Å²) in [7, 11) is 1.88. The van der Waals surface area contributed by atoms with Crippen molar-refractivity contribution >= 4 is 22.4 Å². The fraction of sp³-hybridized carbons (Fsp3) is 0.455. The first-order valence-corrected chi connectivity index (χ1v) is 6.63. The van der Waals surface area contributed by atoms with E-state index in [-0.39, 0.29) is 5.97 Å². The third-order valence-corrected chi connectivity index (χ3v) is 3.68. The van der Waals surface area contributed by atoms with E-state index in [9.17, 15) is 4.79 Å². The molecule has 0 aliphatic rings. The molecule has 8 heteroatoms. The van der Waals surface area contributed by atoms with Crippen molar-refractivity contribution in [2.75, 3.05) is 18.6 Å². The van der Waals surface area contributed by atoms with Crippen LogP contribution in [0.15, 0.2) is 6.33 Å². The Morgan fingerprint density at radius 2 is 2.37 bits per heavy atom. The smallest absolute Gasteiger partial charge is 0.350 e. The van der Waals surface area contributed by atoms with E-state index in [1.54, 1.807) is 13.8 Å². The van der Waals surface area contributed by atoms with Crippen LogP contribution in [-0.2, 0) is 11.3 Å². The lowest BCUT2D eigenvalue weighted by atomic mass is 10.4. The molecule has 2 heterocycles. The van der Waals surface area contributed by atoms with Crippen LogP contribution in [0.25, 0.3) is 0 Å². The second-order valence-electron chi connectivity index (χ2n) is 3.92. The fourth-order valence-corrected chi connectivity index (χ4v) is 2.45. The highest BCUT2D eigenvalue weighted by Crippen LogP contribution is 2.26. The molecule has 0 aliphatic carbocycles. The highest BCUT2D eigenvalue weighted by atomic mass is 32.1. The van der Waals surface area contributed by atoms with Gasteiger partial charge in [0.2, 0.25) is 0 Å². The number of carbonyl (C=O) groups is 1. The van der Waals surface area contributed by atoms with Gasteiger partial charge in [0.1, 0.15) is 17.0 Å². The second kappa shape index (κ2) is 5.79. The summed E-state index contributed by atoms with van der Waals surface area (Å²) >= 11 is 1.32. The molecule has 0 saturated carbocycles. The predicted octanol–water partition coefficient (Wildman–Crippen LogP) is 1.38. The molecule has 0 atom stereocenters. The van der Waals surface area contributed by atoms with Crippen molar-refractivity contribution in [3.05, 3.63) is 22.7 Å². The van der Waals surface area contributed by atoms with Crippen LogP contribution in [0.5, 0.6) is 0 Å². The maximum Gasteiger partial charge on any atom is 0.350 e. The first-order chi connectivity index (χ1) is 9.11. The van der Waals surface area contributed by atoms with Crippen LogP contribution in [0.4, 0.5) is 5.13 Å². The summed E-state index contributed by atoms with van der Waals surface area (Å²) in [4.78, 5) is 22.6. The number of carbonyl (C=O) groups excluding carboxylic acids is 1. The average molecular weight is 281 g/mol. The van der Waals surface area contributed by atoms with Crippen molar-refractivity contribution in [1.82, 2.24) is 20.2 Å². The normalized spacial score (nSPS) is 10.5. The predicted molar refractivity (Wildman–Crippen MR) is 71.3 cm³/mol. The van der Waals surface area contributed by atoms with Crippen LogP contribution < -0.4 is 4.90 Å². The molecule has 2 rings (SSSR count). The van der Waals surface area contributed by atoms with Crippen LogP contribution >= 0.6 is 11.3 Å². The van der Waals surface area contributed by atoms with Crippen molar-refractivity contribution in [2.24, 2.45) is 0 Å². The third-order valence-electron chi connectivity index (χ3n) is 2.42. The molecular formula is C11H15N5O2S. The van der Waals surface area contributed by atoms with Crippen LogP contribution in [0, 0.1) is 6.92 Å². The van der Waals surface area contributed by atoms with E-state index in [1.807, 2.05) is 11.9 Å². The van der Waals surface area contributed by atoms with E-state index in [1.165, 1.54) is 17.7 Å².